The minimum atomic E-state index is -4.24. The van der Waals surface area contributed by atoms with E-state index in [1.54, 1.807) is 19.9 Å². The largest absolute Gasteiger partial charge is 0.493 e. The fourth-order valence-electron chi connectivity index (χ4n) is 3.64. The van der Waals surface area contributed by atoms with Crippen molar-refractivity contribution in [2.24, 2.45) is 0 Å². The SMILES string of the molecule is CCOc1cc2c(cc1S(=O)(=O)NC(=O)NC)C(C(C)NC(=O)N1CC=CC1=O)CCO2. The first kappa shape index (κ1) is 23.4. The van der Waals surface area contributed by atoms with E-state index in [9.17, 15) is 22.8 Å². The van der Waals surface area contributed by atoms with Crippen LogP contribution in [0.4, 0.5) is 9.59 Å². The van der Waals surface area contributed by atoms with E-state index < -0.39 is 34.0 Å². The van der Waals surface area contributed by atoms with Crippen LogP contribution >= 0.6 is 0 Å². The zero-order valence-electron chi connectivity index (χ0n) is 18.0. The van der Waals surface area contributed by atoms with E-state index in [2.05, 4.69) is 10.6 Å². The summed E-state index contributed by atoms with van der Waals surface area (Å²) >= 11 is 0. The van der Waals surface area contributed by atoms with Crippen LogP contribution in [0.25, 0.3) is 0 Å². The minimum Gasteiger partial charge on any atom is -0.493 e. The number of amides is 5. The van der Waals surface area contributed by atoms with Crippen molar-refractivity contribution in [2.75, 3.05) is 26.8 Å². The summed E-state index contributed by atoms with van der Waals surface area (Å²) in [4.78, 5) is 36.8. The Morgan fingerprint density at radius 2 is 2.09 bits per heavy atom. The number of carbonyl (C=O) groups is 3. The topological polar surface area (TPSA) is 143 Å². The average Bonchev–Trinajstić information content (AvgIpc) is 3.18. The number of hydrogen-bond acceptors (Lipinski definition) is 7. The van der Waals surface area contributed by atoms with Crippen molar-refractivity contribution in [2.45, 2.75) is 37.1 Å². The predicted octanol–water partition coefficient (Wildman–Crippen LogP) is 1.07. The molecule has 0 saturated heterocycles. The van der Waals surface area contributed by atoms with Gasteiger partial charge in [0.2, 0.25) is 0 Å². The Hall–Kier alpha value is -3.28. The van der Waals surface area contributed by atoms with Gasteiger partial charge in [0, 0.05) is 43.3 Å². The quantitative estimate of drug-likeness (QED) is 0.569. The van der Waals surface area contributed by atoms with Gasteiger partial charge in [0.25, 0.3) is 15.9 Å². The number of sulfonamides is 1. The molecule has 1 aromatic carbocycles. The zero-order chi connectivity index (χ0) is 23.5. The summed E-state index contributed by atoms with van der Waals surface area (Å²) in [6, 6.07) is 1.04. The number of nitrogens with one attached hydrogen (secondary N) is 3. The summed E-state index contributed by atoms with van der Waals surface area (Å²) in [5.74, 6) is -0.201. The van der Waals surface area contributed by atoms with Crippen LogP contribution in [-0.4, -0.2) is 64.1 Å². The van der Waals surface area contributed by atoms with Gasteiger partial charge in [0.05, 0.1) is 13.2 Å². The maximum Gasteiger partial charge on any atom is 0.328 e. The van der Waals surface area contributed by atoms with Crippen LogP contribution < -0.4 is 24.8 Å². The Morgan fingerprint density at radius 1 is 1.34 bits per heavy atom. The van der Waals surface area contributed by atoms with Crippen LogP contribution in [0.15, 0.2) is 29.2 Å². The molecule has 0 bridgehead atoms. The third-order valence-corrected chi connectivity index (χ3v) is 6.57. The summed E-state index contributed by atoms with van der Waals surface area (Å²) in [6.45, 7) is 4.25. The number of nitrogens with zero attached hydrogens (tertiary/aromatic N) is 1. The highest BCUT2D eigenvalue weighted by atomic mass is 32.2. The molecular weight excluding hydrogens is 440 g/mol. The van der Waals surface area contributed by atoms with Gasteiger partial charge in [-0.1, -0.05) is 6.08 Å². The van der Waals surface area contributed by atoms with Crippen molar-refractivity contribution in [1.82, 2.24) is 20.3 Å². The Labute approximate surface area is 186 Å². The summed E-state index contributed by atoms with van der Waals surface area (Å²) in [5.41, 5.74) is 0.552. The lowest BCUT2D eigenvalue weighted by molar-refractivity contribution is -0.122. The van der Waals surface area contributed by atoms with Crippen molar-refractivity contribution >= 4 is 28.0 Å². The maximum absolute atomic E-state index is 12.8. The van der Waals surface area contributed by atoms with E-state index in [-0.39, 0.29) is 29.7 Å². The molecule has 3 rings (SSSR count). The summed E-state index contributed by atoms with van der Waals surface area (Å²) in [6.07, 6.45) is 3.44. The Morgan fingerprint density at radius 3 is 2.72 bits per heavy atom. The van der Waals surface area contributed by atoms with Crippen molar-refractivity contribution < 1.29 is 32.3 Å². The van der Waals surface area contributed by atoms with Gasteiger partial charge in [-0.25, -0.2) is 22.7 Å². The molecule has 0 aliphatic carbocycles. The number of imide groups is 1. The van der Waals surface area contributed by atoms with Gasteiger partial charge < -0.3 is 20.1 Å². The molecule has 2 unspecified atom stereocenters. The van der Waals surface area contributed by atoms with Crippen LogP contribution in [0.3, 0.4) is 0 Å². The number of hydrogen-bond donors (Lipinski definition) is 3. The van der Waals surface area contributed by atoms with Gasteiger partial charge >= 0.3 is 12.1 Å². The highest BCUT2D eigenvalue weighted by Gasteiger charge is 2.33. The number of carbonyl (C=O) groups excluding carboxylic acids is 3. The lowest BCUT2D eigenvalue weighted by Crippen LogP contribution is -2.47. The van der Waals surface area contributed by atoms with Crippen LogP contribution in [0.5, 0.6) is 11.5 Å². The highest BCUT2D eigenvalue weighted by molar-refractivity contribution is 7.90. The first-order valence-electron chi connectivity index (χ1n) is 10.1. The second-order valence-corrected chi connectivity index (χ2v) is 8.94. The average molecular weight is 467 g/mol. The van der Waals surface area contributed by atoms with E-state index in [1.165, 1.54) is 25.3 Å². The number of rotatable bonds is 6. The van der Waals surface area contributed by atoms with E-state index in [0.717, 1.165) is 4.90 Å². The first-order valence-corrected chi connectivity index (χ1v) is 11.6. The van der Waals surface area contributed by atoms with Crippen LogP contribution in [0, 0.1) is 0 Å². The third kappa shape index (κ3) is 4.79. The molecule has 0 radical (unpaired) electrons. The molecule has 1 aromatic rings. The number of fused-ring (bicyclic) bond motifs is 1. The molecule has 0 aromatic heterocycles. The summed E-state index contributed by atoms with van der Waals surface area (Å²) in [7, 11) is -2.94. The van der Waals surface area contributed by atoms with Crippen molar-refractivity contribution in [1.29, 1.82) is 0 Å². The predicted molar refractivity (Wildman–Crippen MR) is 114 cm³/mol. The molecule has 0 saturated carbocycles. The molecule has 11 nitrogen and oxygen atoms in total. The fourth-order valence-corrected chi connectivity index (χ4v) is 4.76. The van der Waals surface area contributed by atoms with Gasteiger partial charge in [-0.15, -0.1) is 0 Å². The van der Waals surface area contributed by atoms with Gasteiger partial charge in [0.1, 0.15) is 16.4 Å². The minimum absolute atomic E-state index is 0.0497. The second-order valence-electron chi connectivity index (χ2n) is 7.29. The van der Waals surface area contributed by atoms with E-state index >= 15 is 0 Å². The van der Waals surface area contributed by atoms with E-state index in [4.69, 9.17) is 9.47 Å². The number of benzene rings is 1. The first-order chi connectivity index (χ1) is 15.2. The molecule has 32 heavy (non-hydrogen) atoms. The third-order valence-electron chi connectivity index (χ3n) is 5.22. The van der Waals surface area contributed by atoms with Gasteiger partial charge in [0.15, 0.2) is 0 Å². The molecule has 0 spiro atoms. The number of urea groups is 2. The molecule has 3 N–H and O–H groups in total. The molecule has 174 valence electrons. The Bertz CT molecular complexity index is 1050. The smallest absolute Gasteiger partial charge is 0.328 e. The van der Waals surface area contributed by atoms with Gasteiger partial charge in [-0.05, 0) is 26.3 Å². The fraction of sp³-hybridized carbons (Fsp3) is 0.450. The molecule has 12 heteroatoms. The zero-order valence-corrected chi connectivity index (χ0v) is 18.8. The number of ether oxygens (including phenoxy) is 2. The molecular formula is C20H26N4O7S. The molecule has 2 aliphatic rings. The molecule has 5 amide bonds. The molecule has 2 atom stereocenters. The van der Waals surface area contributed by atoms with Gasteiger partial charge in [-0.3, -0.25) is 9.69 Å². The summed E-state index contributed by atoms with van der Waals surface area (Å²) < 4.78 is 38.8. The van der Waals surface area contributed by atoms with E-state index in [0.29, 0.717) is 24.3 Å². The second kappa shape index (κ2) is 9.47. The van der Waals surface area contributed by atoms with Crippen LogP contribution in [0.2, 0.25) is 0 Å². The lowest BCUT2D eigenvalue weighted by Gasteiger charge is -2.32. The van der Waals surface area contributed by atoms with Crippen LogP contribution in [-0.2, 0) is 14.8 Å². The monoisotopic (exact) mass is 466 g/mol. The standard InChI is InChI=1S/C20H26N4O7S/c1-4-30-16-11-15-14(10-17(16)32(28,29)23-19(26)21-3)13(7-9-31-15)12(2)22-20(27)24-8-5-6-18(24)25/h5-6,10-13H,4,7-9H2,1-3H3,(H,22,27)(H2,21,23,26). The normalized spacial score (nSPS) is 18.4. The maximum atomic E-state index is 12.8. The highest BCUT2D eigenvalue weighted by Crippen LogP contribution is 2.41. The van der Waals surface area contributed by atoms with Crippen molar-refractivity contribution in [3.05, 3.63) is 29.8 Å². The van der Waals surface area contributed by atoms with E-state index in [1.807, 2.05) is 4.72 Å². The molecule has 2 aliphatic heterocycles. The Kier molecular flexibility index (Phi) is 6.92. The lowest BCUT2D eigenvalue weighted by atomic mass is 9.87. The van der Waals surface area contributed by atoms with Gasteiger partial charge in [-0.2, -0.15) is 0 Å². The van der Waals surface area contributed by atoms with Crippen LogP contribution in [0.1, 0.15) is 31.7 Å². The Balaban J connectivity index is 1.93. The summed E-state index contributed by atoms with van der Waals surface area (Å²) in [5, 5.41) is 5.02. The van der Waals surface area contributed by atoms with Crippen molar-refractivity contribution in [3.63, 3.8) is 0 Å². The van der Waals surface area contributed by atoms with Crippen molar-refractivity contribution in [3.8, 4) is 11.5 Å². The molecule has 2 heterocycles. The molecule has 0 fully saturated rings.